The number of nitrogens with two attached hydrogens (primary N) is 1. The first kappa shape index (κ1) is 10.4. The van der Waals surface area contributed by atoms with E-state index in [0.717, 1.165) is 26.2 Å². The van der Waals surface area contributed by atoms with Gasteiger partial charge >= 0.3 is 0 Å². The van der Waals surface area contributed by atoms with E-state index in [0.29, 0.717) is 11.9 Å². The molecule has 2 N–H and O–H groups in total. The Labute approximate surface area is 90.0 Å². The van der Waals surface area contributed by atoms with Crippen LogP contribution in [0.2, 0.25) is 0 Å². The molecule has 1 fully saturated rings. The van der Waals surface area contributed by atoms with Crippen LogP contribution < -0.4 is 5.73 Å². The quantitative estimate of drug-likeness (QED) is 0.782. The van der Waals surface area contributed by atoms with E-state index < -0.39 is 0 Å². The van der Waals surface area contributed by atoms with Gasteiger partial charge in [-0.05, 0) is 18.6 Å². The molecule has 1 aliphatic heterocycles. The predicted molar refractivity (Wildman–Crippen MR) is 59.3 cm³/mol. The molecule has 1 atom stereocenters. The summed E-state index contributed by atoms with van der Waals surface area (Å²) in [6, 6.07) is 3.88. The third-order valence-electron chi connectivity index (χ3n) is 2.58. The summed E-state index contributed by atoms with van der Waals surface area (Å²) in [7, 11) is 0. The fourth-order valence-corrected chi connectivity index (χ4v) is 1.82. The minimum Gasteiger partial charge on any atom is -0.384 e. The van der Waals surface area contributed by atoms with Gasteiger partial charge < -0.3 is 10.5 Å². The number of hydrogen-bond donors (Lipinski definition) is 1. The van der Waals surface area contributed by atoms with Crippen molar-refractivity contribution >= 4 is 5.82 Å². The number of nitrogens with zero attached hydrogens (tertiary/aromatic N) is 2. The Hall–Kier alpha value is -1.13. The molecule has 0 bridgehead atoms. The highest BCUT2D eigenvalue weighted by molar-refractivity contribution is 5.29. The van der Waals surface area contributed by atoms with Crippen LogP contribution in [0.5, 0.6) is 0 Å². The van der Waals surface area contributed by atoms with Gasteiger partial charge in [0.15, 0.2) is 0 Å². The van der Waals surface area contributed by atoms with Gasteiger partial charge in [0.2, 0.25) is 0 Å². The van der Waals surface area contributed by atoms with Crippen LogP contribution in [-0.2, 0) is 11.3 Å². The molecule has 0 aliphatic carbocycles. The molecular formula is C11H17N3O. The lowest BCUT2D eigenvalue weighted by Crippen LogP contribution is -2.40. The lowest BCUT2D eigenvalue weighted by Gasteiger charge is -2.30. The van der Waals surface area contributed by atoms with Gasteiger partial charge in [0.05, 0.1) is 12.7 Å². The standard InChI is InChI=1S/C11H17N3O/c1-9-7-14(4-5-15-9)8-10-2-3-11(12)13-6-10/h2-3,6,9H,4-5,7-8H2,1H3,(H2,12,13). The van der Waals surface area contributed by atoms with E-state index in [2.05, 4.69) is 16.8 Å². The van der Waals surface area contributed by atoms with Crippen LogP contribution in [0.1, 0.15) is 12.5 Å². The number of anilines is 1. The molecule has 1 unspecified atom stereocenters. The van der Waals surface area contributed by atoms with E-state index in [1.54, 1.807) is 0 Å². The zero-order valence-electron chi connectivity index (χ0n) is 9.02. The zero-order chi connectivity index (χ0) is 10.7. The van der Waals surface area contributed by atoms with E-state index in [-0.39, 0.29) is 0 Å². The summed E-state index contributed by atoms with van der Waals surface area (Å²) in [5, 5.41) is 0. The van der Waals surface area contributed by atoms with Crippen molar-refractivity contribution in [3.63, 3.8) is 0 Å². The average molecular weight is 207 g/mol. The molecule has 0 radical (unpaired) electrons. The van der Waals surface area contributed by atoms with Gasteiger partial charge in [-0.2, -0.15) is 0 Å². The lowest BCUT2D eigenvalue weighted by atomic mass is 10.2. The van der Waals surface area contributed by atoms with Crippen molar-refractivity contribution in [2.45, 2.75) is 19.6 Å². The molecule has 1 aromatic heterocycles. The van der Waals surface area contributed by atoms with Gasteiger partial charge in [0.1, 0.15) is 5.82 Å². The van der Waals surface area contributed by atoms with Crippen molar-refractivity contribution < 1.29 is 4.74 Å². The summed E-state index contributed by atoms with van der Waals surface area (Å²) in [5.74, 6) is 0.578. The molecule has 0 aromatic carbocycles. The highest BCUT2D eigenvalue weighted by Crippen LogP contribution is 2.10. The van der Waals surface area contributed by atoms with Gasteiger partial charge in [-0.3, -0.25) is 4.90 Å². The van der Waals surface area contributed by atoms with Crippen LogP contribution in [0.15, 0.2) is 18.3 Å². The van der Waals surface area contributed by atoms with Gasteiger partial charge in [0.25, 0.3) is 0 Å². The van der Waals surface area contributed by atoms with Crippen LogP contribution in [0.3, 0.4) is 0 Å². The first-order chi connectivity index (χ1) is 7.24. The van der Waals surface area contributed by atoms with E-state index >= 15 is 0 Å². The number of ether oxygens (including phenoxy) is 1. The molecular weight excluding hydrogens is 190 g/mol. The largest absolute Gasteiger partial charge is 0.384 e. The van der Waals surface area contributed by atoms with E-state index in [9.17, 15) is 0 Å². The van der Waals surface area contributed by atoms with Gasteiger partial charge in [-0.25, -0.2) is 4.98 Å². The second kappa shape index (κ2) is 4.59. The third kappa shape index (κ3) is 2.91. The molecule has 2 heterocycles. The molecule has 2 rings (SSSR count). The van der Waals surface area contributed by atoms with Crippen molar-refractivity contribution in [1.82, 2.24) is 9.88 Å². The fraction of sp³-hybridized carbons (Fsp3) is 0.545. The number of aromatic nitrogens is 1. The molecule has 1 saturated heterocycles. The Morgan fingerprint density at radius 3 is 3.13 bits per heavy atom. The maximum Gasteiger partial charge on any atom is 0.123 e. The molecule has 15 heavy (non-hydrogen) atoms. The summed E-state index contributed by atoms with van der Waals surface area (Å²) >= 11 is 0. The summed E-state index contributed by atoms with van der Waals surface area (Å²) < 4.78 is 5.49. The third-order valence-corrected chi connectivity index (χ3v) is 2.58. The highest BCUT2D eigenvalue weighted by atomic mass is 16.5. The first-order valence-electron chi connectivity index (χ1n) is 5.28. The molecule has 0 amide bonds. The second-order valence-electron chi connectivity index (χ2n) is 4.01. The Morgan fingerprint density at radius 2 is 2.47 bits per heavy atom. The molecule has 1 aliphatic rings. The molecule has 0 spiro atoms. The van der Waals surface area contributed by atoms with E-state index in [4.69, 9.17) is 10.5 Å². The molecule has 1 aromatic rings. The molecule has 4 heteroatoms. The maximum absolute atomic E-state index is 5.54. The summed E-state index contributed by atoms with van der Waals surface area (Å²) in [6.07, 6.45) is 2.18. The summed E-state index contributed by atoms with van der Waals surface area (Å²) in [6.45, 7) is 5.84. The Morgan fingerprint density at radius 1 is 1.60 bits per heavy atom. The number of morpholine rings is 1. The number of rotatable bonds is 2. The summed E-state index contributed by atoms with van der Waals surface area (Å²) in [4.78, 5) is 6.46. The van der Waals surface area contributed by atoms with Crippen LogP contribution in [0, 0.1) is 0 Å². The number of hydrogen-bond acceptors (Lipinski definition) is 4. The zero-order valence-corrected chi connectivity index (χ0v) is 9.02. The van der Waals surface area contributed by atoms with Crippen LogP contribution in [0.4, 0.5) is 5.82 Å². The van der Waals surface area contributed by atoms with Crippen molar-refractivity contribution in [2.75, 3.05) is 25.4 Å². The fourth-order valence-electron chi connectivity index (χ4n) is 1.82. The van der Waals surface area contributed by atoms with Crippen LogP contribution >= 0.6 is 0 Å². The van der Waals surface area contributed by atoms with Crippen molar-refractivity contribution in [2.24, 2.45) is 0 Å². The molecule has 82 valence electrons. The first-order valence-corrected chi connectivity index (χ1v) is 5.28. The van der Waals surface area contributed by atoms with Crippen LogP contribution in [0.25, 0.3) is 0 Å². The topological polar surface area (TPSA) is 51.4 Å². The Bertz CT molecular complexity index is 312. The molecule has 0 saturated carbocycles. The van der Waals surface area contributed by atoms with Crippen molar-refractivity contribution in [3.8, 4) is 0 Å². The predicted octanol–water partition coefficient (Wildman–Crippen LogP) is 0.885. The molecule has 4 nitrogen and oxygen atoms in total. The highest BCUT2D eigenvalue weighted by Gasteiger charge is 2.16. The van der Waals surface area contributed by atoms with Crippen molar-refractivity contribution in [3.05, 3.63) is 23.9 Å². The second-order valence-corrected chi connectivity index (χ2v) is 4.01. The SMILES string of the molecule is CC1CN(Cc2ccc(N)nc2)CCO1. The van der Waals surface area contributed by atoms with E-state index in [1.807, 2.05) is 18.3 Å². The Balaban J connectivity index is 1.93. The monoisotopic (exact) mass is 207 g/mol. The van der Waals surface area contributed by atoms with Gasteiger partial charge in [0, 0.05) is 25.8 Å². The number of pyridine rings is 1. The van der Waals surface area contributed by atoms with E-state index in [1.165, 1.54) is 5.56 Å². The Kier molecular flexibility index (Phi) is 3.18. The van der Waals surface area contributed by atoms with Crippen molar-refractivity contribution in [1.29, 1.82) is 0 Å². The maximum atomic E-state index is 5.54. The van der Waals surface area contributed by atoms with Crippen LogP contribution in [-0.4, -0.2) is 35.7 Å². The van der Waals surface area contributed by atoms with Gasteiger partial charge in [-0.15, -0.1) is 0 Å². The normalized spacial score (nSPS) is 22.9. The summed E-state index contributed by atoms with van der Waals surface area (Å²) in [5.41, 5.74) is 6.74. The minimum atomic E-state index is 0.334. The average Bonchev–Trinajstić information content (AvgIpc) is 2.22. The number of nitrogen functional groups attached to an aromatic ring is 1. The smallest absolute Gasteiger partial charge is 0.123 e. The van der Waals surface area contributed by atoms with Gasteiger partial charge in [-0.1, -0.05) is 6.07 Å². The lowest BCUT2D eigenvalue weighted by molar-refractivity contribution is -0.0212. The minimum absolute atomic E-state index is 0.334.